The van der Waals surface area contributed by atoms with Crippen molar-refractivity contribution in [1.82, 2.24) is 4.90 Å². The van der Waals surface area contributed by atoms with Gasteiger partial charge in [0.15, 0.2) is 0 Å². The Hall–Kier alpha value is -0.410. The molecule has 0 bridgehead atoms. The first-order chi connectivity index (χ1) is 8.97. The molecule has 0 heterocycles. The lowest BCUT2D eigenvalue weighted by Gasteiger charge is -2.40. The van der Waals surface area contributed by atoms with E-state index >= 15 is 0 Å². The average Bonchev–Trinajstić information content (AvgIpc) is 2.75. The van der Waals surface area contributed by atoms with Gasteiger partial charge in [-0.15, -0.1) is 0 Å². The molecule has 0 aromatic rings. The van der Waals surface area contributed by atoms with E-state index in [1.165, 1.54) is 12.7 Å². The van der Waals surface area contributed by atoms with Crippen LogP contribution < -0.4 is 0 Å². The molecule has 0 radical (unpaired) electrons. The zero-order chi connectivity index (χ0) is 13.9. The largest absolute Gasteiger partial charge is 0.389 e. The molecule has 19 heavy (non-hydrogen) atoms. The molecule has 2 saturated carbocycles. The van der Waals surface area contributed by atoms with E-state index in [2.05, 4.69) is 18.9 Å². The van der Waals surface area contributed by atoms with Crippen LogP contribution in [0, 0.1) is 11.3 Å². The Balaban J connectivity index is 1.92. The first kappa shape index (κ1) is 15.0. The van der Waals surface area contributed by atoms with Gasteiger partial charge in [0, 0.05) is 18.5 Å². The molecule has 0 saturated heterocycles. The van der Waals surface area contributed by atoms with Crippen molar-refractivity contribution in [1.29, 1.82) is 0 Å². The smallest absolute Gasteiger partial charge is 0.127 e. The van der Waals surface area contributed by atoms with Gasteiger partial charge in [0.2, 0.25) is 0 Å². The summed E-state index contributed by atoms with van der Waals surface area (Å²) in [4.78, 5) is 13.8. The van der Waals surface area contributed by atoms with E-state index in [1.54, 1.807) is 0 Å². The minimum Gasteiger partial charge on any atom is -0.389 e. The minimum absolute atomic E-state index is 0.165. The topological polar surface area (TPSA) is 40.5 Å². The van der Waals surface area contributed by atoms with Crippen LogP contribution in [0.4, 0.5) is 0 Å². The van der Waals surface area contributed by atoms with Crippen LogP contribution in [0.1, 0.15) is 58.3 Å². The second kappa shape index (κ2) is 5.92. The van der Waals surface area contributed by atoms with E-state index in [-0.39, 0.29) is 5.41 Å². The van der Waals surface area contributed by atoms with Crippen LogP contribution in [-0.2, 0) is 4.79 Å². The van der Waals surface area contributed by atoms with Crippen molar-refractivity contribution in [3.63, 3.8) is 0 Å². The Morgan fingerprint density at radius 3 is 2.47 bits per heavy atom. The number of rotatable bonds is 5. The zero-order valence-electron chi connectivity index (χ0n) is 12.5. The molecule has 2 fully saturated rings. The van der Waals surface area contributed by atoms with Crippen LogP contribution in [0.15, 0.2) is 0 Å². The Bertz CT molecular complexity index is 312. The van der Waals surface area contributed by atoms with Gasteiger partial charge >= 0.3 is 0 Å². The quantitative estimate of drug-likeness (QED) is 0.778. The lowest BCUT2D eigenvalue weighted by Crippen LogP contribution is -2.46. The van der Waals surface area contributed by atoms with Crippen LogP contribution in [0.2, 0.25) is 0 Å². The van der Waals surface area contributed by atoms with Gasteiger partial charge in [0.25, 0.3) is 0 Å². The highest BCUT2D eigenvalue weighted by Crippen LogP contribution is 2.39. The first-order valence-electron chi connectivity index (χ1n) is 7.84. The maximum Gasteiger partial charge on any atom is 0.127 e. The van der Waals surface area contributed by atoms with E-state index in [0.29, 0.717) is 5.92 Å². The molecule has 110 valence electrons. The summed E-state index contributed by atoms with van der Waals surface area (Å²) in [7, 11) is 2.06. The number of hydrogen-bond donors (Lipinski definition) is 1. The summed E-state index contributed by atoms with van der Waals surface area (Å²) in [6, 6.07) is 0. The number of aldehydes is 1. The second-order valence-electron chi connectivity index (χ2n) is 7.29. The molecule has 1 N–H and O–H groups in total. The molecule has 2 rings (SSSR count). The Morgan fingerprint density at radius 2 is 1.89 bits per heavy atom. The summed E-state index contributed by atoms with van der Waals surface area (Å²) in [6.45, 7) is 3.78. The third-order valence-corrected chi connectivity index (χ3v) is 5.06. The molecule has 2 aliphatic rings. The molecule has 0 spiro atoms. The summed E-state index contributed by atoms with van der Waals surface area (Å²) in [6.07, 6.45) is 9.76. The highest BCUT2D eigenvalue weighted by Gasteiger charge is 2.38. The average molecular weight is 267 g/mol. The van der Waals surface area contributed by atoms with E-state index < -0.39 is 5.60 Å². The summed E-state index contributed by atoms with van der Waals surface area (Å²) >= 11 is 0. The maximum absolute atomic E-state index is 11.6. The van der Waals surface area contributed by atoms with Crippen molar-refractivity contribution >= 4 is 6.29 Å². The van der Waals surface area contributed by atoms with Crippen LogP contribution >= 0.6 is 0 Å². The SMILES string of the molecule is CC1CCCC(C=O)(CN(C)CC2(O)CCCC2)C1. The van der Waals surface area contributed by atoms with Crippen molar-refractivity contribution in [2.24, 2.45) is 11.3 Å². The van der Waals surface area contributed by atoms with Crippen molar-refractivity contribution in [3.05, 3.63) is 0 Å². The van der Waals surface area contributed by atoms with Crippen molar-refractivity contribution in [2.45, 2.75) is 63.9 Å². The lowest BCUT2D eigenvalue weighted by molar-refractivity contribution is -0.120. The predicted molar refractivity (Wildman–Crippen MR) is 77.0 cm³/mol. The summed E-state index contributed by atoms with van der Waals surface area (Å²) < 4.78 is 0. The van der Waals surface area contributed by atoms with Gasteiger partial charge in [-0.2, -0.15) is 0 Å². The monoisotopic (exact) mass is 267 g/mol. The molecule has 0 aromatic carbocycles. The van der Waals surface area contributed by atoms with Crippen LogP contribution in [0.5, 0.6) is 0 Å². The second-order valence-corrected chi connectivity index (χ2v) is 7.29. The van der Waals surface area contributed by atoms with Gasteiger partial charge in [0.1, 0.15) is 6.29 Å². The number of aliphatic hydroxyl groups is 1. The third-order valence-electron chi connectivity index (χ3n) is 5.06. The van der Waals surface area contributed by atoms with Gasteiger partial charge in [-0.25, -0.2) is 0 Å². The summed E-state index contributed by atoms with van der Waals surface area (Å²) in [5.41, 5.74) is -0.666. The summed E-state index contributed by atoms with van der Waals surface area (Å²) in [5, 5.41) is 10.5. The van der Waals surface area contributed by atoms with Gasteiger partial charge in [-0.3, -0.25) is 0 Å². The number of carbonyl (C=O) groups is 1. The van der Waals surface area contributed by atoms with E-state index in [0.717, 1.165) is 58.0 Å². The highest BCUT2D eigenvalue weighted by atomic mass is 16.3. The van der Waals surface area contributed by atoms with Crippen LogP contribution in [0.25, 0.3) is 0 Å². The fourth-order valence-corrected chi connectivity index (χ4v) is 4.28. The van der Waals surface area contributed by atoms with Gasteiger partial charge < -0.3 is 14.8 Å². The van der Waals surface area contributed by atoms with Crippen molar-refractivity contribution in [2.75, 3.05) is 20.1 Å². The molecule has 0 amide bonds. The Kier molecular flexibility index (Phi) is 4.67. The minimum atomic E-state index is -0.501. The van der Waals surface area contributed by atoms with Gasteiger partial charge in [-0.1, -0.05) is 32.6 Å². The summed E-state index contributed by atoms with van der Waals surface area (Å²) in [5.74, 6) is 0.655. The zero-order valence-corrected chi connectivity index (χ0v) is 12.5. The Morgan fingerprint density at radius 1 is 1.21 bits per heavy atom. The van der Waals surface area contributed by atoms with Crippen LogP contribution in [-0.4, -0.2) is 42.0 Å². The molecule has 2 unspecified atom stereocenters. The number of nitrogens with zero attached hydrogens (tertiary/aromatic N) is 1. The molecule has 0 aromatic heterocycles. The standard InChI is InChI=1S/C16H29NO2/c1-14-6-5-7-15(10-14,13-18)11-17(2)12-16(19)8-3-4-9-16/h13-14,19H,3-12H2,1-2H3. The predicted octanol–water partition coefficient (Wildman–Crippen LogP) is 2.62. The molecule has 3 nitrogen and oxygen atoms in total. The van der Waals surface area contributed by atoms with Crippen LogP contribution in [0.3, 0.4) is 0 Å². The number of hydrogen-bond acceptors (Lipinski definition) is 3. The fraction of sp³-hybridized carbons (Fsp3) is 0.938. The van der Waals surface area contributed by atoms with E-state index in [9.17, 15) is 9.90 Å². The number of likely N-dealkylation sites (N-methyl/N-ethyl adjacent to an activating group) is 1. The van der Waals surface area contributed by atoms with Crippen molar-refractivity contribution < 1.29 is 9.90 Å². The molecular formula is C16H29NO2. The maximum atomic E-state index is 11.6. The first-order valence-corrected chi connectivity index (χ1v) is 7.84. The molecule has 0 aliphatic heterocycles. The lowest BCUT2D eigenvalue weighted by atomic mass is 9.70. The molecule has 2 aliphatic carbocycles. The molecular weight excluding hydrogens is 238 g/mol. The fourth-order valence-electron chi connectivity index (χ4n) is 4.28. The van der Waals surface area contributed by atoms with Gasteiger partial charge in [0.05, 0.1) is 5.60 Å². The number of carbonyl (C=O) groups excluding carboxylic acids is 1. The molecule has 3 heteroatoms. The molecule has 2 atom stereocenters. The van der Waals surface area contributed by atoms with Crippen molar-refractivity contribution in [3.8, 4) is 0 Å². The third kappa shape index (κ3) is 3.79. The van der Waals surface area contributed by atoms with Gasteiger partial charge in [-0.05, 0) is 38.6 Å². The van der Waals surface area contributed by atoms with E-state index in [1.807, 2.05) is 0 Å². The van der Waals surface area contributed by atoms with E-state index in [4.69, 9.17) is 0 Å². The normalized spacial score (nSPS) is 34.6. The highest BCUT2D eigenvalue weighted by molar-refractivity contribution is 5.60. The Labute approximate surface area is 117 Å².